The molecule has 0 bridgehead atoms. The summed E-state index contributed by atoms with van der Waals surface area (Å²) in [5.41, 5.74) is 2.60. The van der Waals surface area contributed by atoms with E-state index in [9.17, 15) is 0 Å². The van der Waals surface area contributed by atoms with Gasteiger partial charge in [-0.2, -0.15) is 0 Å². The molecule has 1 heterocycles. The van der Waals surface area contributed by atoms with Crippen LogP contribution in [0.3, 0.4) is 0 Å². The van der Waals surface area contributed by atoms with Gasteiger partial charge in [0.1, 0.15) is 0 Å². The maximum absolute atomic E-state index is 4.56. The summed E-state index contributed by atoms with van der Waals surface area (Å²) in [7, 11) is 0. The molecule has 1 saturated heterocycles. The van der Waals surface area contributed by atoms with Gasteiger partial charge in [-0.25, -0.2) is 0 Å². The van der Waals surface area contributed by atoms with Gasteiger partial charge in [-0.3, -0.25) is 4.99 Å². The molecule has 0 saturated carbocycles. The Morgan fingerprint density at radius 2 is 2.09 bits per heavy atom. The monoisotopic (exact) mass is 292 g/mol. The molecule has 3 rings (SSSR count). The van der Waals surface area contributed by atoms with Gasteiger partial charge in [0, 0.05) is 18.0 Å². The smallest absolute Gasteiger partial charge is 0.0452 e. The summed E-state index contributed by atoms with van der Waals surface area (Å²) in [4.78, 5) is 4.56. The number of nitrogens with zero attached hydrogens (tertiary/aromatic N) is 1. The van der Waals surface area contributed by atoms with Crippen molar-refractivity contribution in [2.75, 3.05) is 6.54 Å². The maximum Gasteiger partial charge on any atom is 0.0452 e. The first-order valence-electron chi connectivity index (χ1n) is 8.23. The van der Waals surface area contributed by atoms with Crippen molar-refractivity contribution in [2.24, 2.45) is 4.99 Å². The minimum Gasteiger partial charge on any atom is -0.309 e. The topological polar surface area (TPSA) is 24.4 Å². The van der Waals surface area contributed by atoms with Crippen LogP contribution in [0.2, 0.25) is 0 Å². The molecule has 1 unspecified atom stereocenters. The lowest BCUT2D eigenvalue weighted by Crippen LogP contribution is -2.28. The third kappa shape index (κ3) is 3.83. The van der Waals surface area contributed by atoms with E-state index in [-0.39, 0.29) is 0 Å². The van der Waals surface area contributed by atoms with Gasteiger partial charge < -0.3 is 5.32 Å². The summed E-state index contributed by atoms with van der Waals surface area (Å²) < 4.78 is 0. The van der Waals surface area contributed by atoms with Crippen LogP contribution in [0.5, 0.6) is 0 Å². The number of aliphatic imine (C=N–C) groups is 1. The molecule has 0 spiro atoms. The Labute approximate surface area is 133 Å². The van der Waals surface area contributed by atoms with Crippen LogP contribution < -0.4 is 5.32 Å². The van der Waals surface area contributed by atoms with Gasteiger partial charge in [-0.15, -0.1) is 0 Å². The summed E-state index contributed by atoms with van der Waals surface area (Å²) in [5.74, 6) is 0. The van der Waals surface area contributed by atoms with E-state index < -0.39 is 0 Å². The molecule has 2 aromatic rings. The fraction of sp³-hybridized carbons (Fsp3) is 0.350. The molecule has 1 N–H and O–H groups in total. The SMILES string of the molecule is CC(=N/C=C\CCc1ccc2ccccc2c1)C1CCCN1. The zero-order valence-electron chi connectivity index (χ0n) is 13.3. The van der Waals surface area contributed by atoms with E-state index in [4.69, 9.17) is 0 Å². The van der Waals surface area contributed by atoms with Gasteiger partial charge in [-0.1, -0.05) is 48.5 Å². The summed E-state index contributed by atoms with van der Waals surface area (Å²) in [5, 5.41) is 6.11. The van der Waals surface area contributed by atoms with E-state index in [2.05, 4.69) is 65.8 Å². The molecular weight excluding hydrogens is 268 g/mol. The Morgan fingerprint density at radius 3 is 2.91 bits per heavy atom. The highest BCUT2D eigenvalue weighted by Gasteiger charge is 2.15. The number of fused-ring (bicyclic) bond motifs is 1. The van der Waals surface area contributed by atoms with Gasteiger partial charge in [0.05, 0.1) is 0 Å². The van der Waals surface area contributed by atoms with E-state index in [1.54, 1.807) is 0 Å². The number of benzene rings is 2. The Morgan fingerprint density at radius 1 is 1.23 bits per heavy atom. The molecule has 2 heteroatoms. The summed E-state index contributed by atoms with van der Waals surface area (Å²) >= 11 is 0. The van der Waals surface area contributed by atoms with Crippen LogP contribution in [0.1, 0.15) is 31.7 Å². The molecule has 1 aliphatic rings. The quantitative estimate of drug-likeness (QED) is 0.806. The van der Waals surface area contributed by atoms with Crippen LogP contribution in [0, 0.1) is 0 Å². The number of allylic oxidation sites excluding steroid dienone is 1. The Hall–Kier alpha value is -1.93. The highest BCUT2D eigenvalue weighted by molar-refractivity contribution is 5.88. The minimum atomic E-state index is 0.491. The summed E-state index contributed by atoms with van der Waals surface area (Å²) in [6.45, 7) is 3.25. The van der Waals surface area contributed by atoms with Crippen molar-refractivity contribution in [3.05, 3.63) is 60.3 Å². The van der Waals surface area contributed by atoms with Crippen molar-refractivity contribution in [1.82, 2.24) is 5.32 Å². The average Bonchev–Trinajstić information content (AvgIpc) is 3.09. The van der Waals surface area contributed by atoms with E-state index in [1.807, 2.05) is 6.20 Å². The normalized spacial score (nSPS) is 19.3. The minimum absolute atomic E-state index is 0.491. The van der Waals surface area contributed by atoms with Crippen molar-refractivity contribution in [2.45, 2.75) is 38.6 Å². The summed E-state index contributed by atoms with van der Waals surface area (Å²) in [6, 6.07) is 15.7. The molecule has 114 valence electrons. The lowest BCUT2D eigenvalue weighted by Gasteiger charge is -2.07. The van der Waals surface area contributed by atoms with Gasteiger partial charge >= 0.3 is 0 Å². The first-order chi connectivity index (χ1) is 10.8. The molecule has 0 amide bonds. The highest BCUT2D eigenvalue weighted by Crippen LogP contribution is 2.16. The highest BCUT2D eigenvalue weighted by atomic mass is 15.0. The van der Waals surface area contributed by atoms with Crippen LogP contribution >= 0.6 is 0 Å². The molecule has 2 aromatic carbocycles. The van der Waals surface area contributed by atoms with Crippen LogP contribution in [0.25, 0.3) is 10.8 Å². The predicted octanol–water partition coefficient (Wildman–Crippen LogP) is 4.50. The van der Waals surface area contributed by atoms with Crippen molar-refractivity contribution >= 4 is 16.5 Å². The molecule has 0 radical (unpaired) electrons. The van der Waals surface area contributed by atoms with Crippen molar-refractivity contribution < 1.29 is 0 Å². The van der Waals surface area contributed by atoms with E-state index in [0.717, 1.165) is 19.4 Å². The number of hydrogen-bond acceptors (Lipinski definition) is 2. The van der Waals surface area contributed by atoms with E-state index in [0.29, 0.717) is 6.04 Å². The van der Waals surface area contributed by atoms with Crippen molar-refractivity contribution in [3.8, 4) is 0 Å². The van der Waals surface area contributed by atoms with Crippen molar-refractivity contribution in [1.29, 1.82) is 0 Å². The molecule has 22 heavy (non-hydrogen) atoms. The van der Waals surface area contributed by atoms with Gasteiger partial charge in [-0.05, 0) is 55.5 Å². The first-order valence-corrected chi connectivity index (χ1v) is 8.23. The second-order valence-electron chi connectivity index (χ2n) is 6.02. The van der Waals surface area contributed by atoms with Gasteiger partial charge in [0.2, 0.25) is 0 Å². The van der Waals surface area contributed by atoms with Gasteiger partial charge in [0.15, 0.2) is 0 Å². The molecule has 0 aliphatic carbocycles. The fourth-order valence-electron chi connectivity index (χ4n) is 3.02. The second-order valence-corrected chi connectivity index (χ2v) is 6.02. The molecule has 1 atom stereocenters. The Bertz CT molecular complexity index is 679. The van der Waals surface area contributed by atoms with Crippen LogP contribution in [0.15, 0.2) is 59.7 Å². The standard InChI is InChI=1S/C20H24N2/c1-16(20-10-6-14-22-20)21-13-5-4-7-17-11-12-18-8-2-3-9-19(18)15-17/h2-3,5,8-9,11-13,15,20,22H,4,6-7,10,14H2,1H3/b13-5-,21-16?. The molecule has 1 aliphatic heterocycles. The maximum atomic E-state index is 4.56. The van der Waals surface area contributed by atoms with E-state index in [1.165, 1.54) is 34.9 Å². The zero-order valence-corrected chi connectivity index (χ0v) is 13.3. The van der Waals surface area contributed by atoms with Crippen LogP contribution in [0.4, 0.5) is 0 Å². The number of aryl methyl sites for hydroxylation is 1. The first kappa shape index (κ1) is 15.0. The fourth-order valence-corrected chi connectivity index (χ4v) is 3.02. The largest absolute Gasteiger partial charge is 0.309 e. The number of hydrogen-bond donors (Lipinski definition) is 1. The second kappa shape index (κ2) is 7.37. The van der Waals surface area contributed by atoms with Crippen LogP contribution in [-0.2, 0) is 6.42 Å². The van der Waals surface area contributed by atoms with E-state index >= 15 is 0 Å². The molecule has 0 aromatic heterocycles. The molecule has 1 fully saturated rings. The third-order valence-corrected chi connectivity index (χ3v) is 4.36. The lowest BCUT2D eigenvalue weighted by atomic mass is 10.0. The number of rotatable bonds is 5. The lowest BCUT2D eigenvalue weighted by molar-refractivity contribution is 0.759. The molecule has 2 nitrogen and oxygen atoms in total. The summed E-state index contributed by atoms with van der Waals surface area (Å²) in [6.07, 6.45) is 8.73. The molecular formula is C20H24N2. The zero-order chi connectivity index (χ0) is 15.2. The predicted molar refractivity (Wildman–Crippen MR) is 95.5 cm³/mol. The van der Waals surface area contributed by atoms with Crippen molar-refractivity contribution in [3.63, 3.8) is 0 Å². The average molecular weight is 292 g/mol. The third-order valence-electron chi connectivity index (χ3n) is 4.36. The van der Waals surface area contributed by atoms with Gasteiger partial charge in [0.25, 0.3) is 0 Å². The van der Waals surface area contributed by atoms with Crippen LogP contribution in [-0.4, -0.2) is 18.3 Å². The number of nitrogens with one attached hydrogen (secondary N) is 1. The Balaban J connectivity index is 1.53. The Kier molecular flexibility index (Phi) is 5.02.